The summed E-state index contributed by atoms with van der Waals surface area (Å²) in [6, 6.07) is 15.8. The van der Waals surface area contributed by atoms with E-state index in [0.717, 1.165) is 30.2 Å². The second kappa shape index (κ2) is 7.76. The molecule has 0 spiro atoms. The number of piperazine rings is 1. The highest BCUT2D eigenvalue weighted by Crippen LogP contribution is 2.22. The molecule has 0 aliphatic carbocycles. The van der Waals surface area contributed by atoms with Crippen molar-refractivity contribution >= 4 is 11.7 Å². The van der Waals surface area contributed by atoms with Gasteiger partial charge < -0.3 is 9.80 Å². The van der Waals surface area contributed by atoms with Gasteiger partial charge in [0.25, 0.3) is 5.91 Å². The predicted molar refractivity (Wildman–Crippen MR) is 109 cm³/mol. The Bertz CT molecular complexity index is 964. The number of nitrogens with zero attached hydrogens (tertiary/aromatic N) is 5. The molecule has 142 valence electrons. The SMILES string of the molecule is Cc1ccc(-c2ccc(N3CCN(C(=O)c4ccccn4)CC3)nn2)cc1C. The summed E-state index contributed by atoms with van der Waals surface area (Å²) in [6.07, 6.45) is 1.65. The van der Waals surface area contributed by atoms with E-state index in [0.29, 0.717) is 18.8 Å². The van der Waals surface area contributed by atoms with E-state index in [4.69, 9.17) is 0 Å². The molecule has 0 N–H and O–H groups in total. The molecule has 6 nitrogen and oxygen atoms in total. The zero-order chi connectivity index (χ0) is 19.5. The molecular weight excluding hydrogens is 350 g/mol. The van der Waals surface area contributed by atoms with Crippen LogP contribution in [0.25, 0.3) is 11.3 Å². The maximum absolute atomic E-state index is 12.5. The fourth-order valence-corrected chi connectivity index (χ4v) is 3.34. The summed E-state index contributed by atoms with van der Waals surface area (Å²) in [5, 5.41) is 8.83. The van der Waals surface area contributed by atoms with Gasteiger partial charge >= 0.3 is 0 Å². The smallest absolute Gasteiger partial charge is 0.272 e. The average Bonchev–Trinajstić information content (AvgIpc) is 2.76. The lowest BCUT2D eigenvalue weighted by molar-refractivity contribution is 0.0740. The second-order valence-corrected chi connectivity index (χ2v) is 7.07. The molecule has 1 aliphatic heterocycles. The monoisotopic (exact) mass is 373 g/mol. The van der Waals surface area contributed by atoms with E-state index in [1.807, 2.05) is 29.2 Å². The van der Waals surface area contributed by atoms with Crippen LogP contribution in [0.5, 0.6) is 0 Å². The van der Waals surface area contributed by atoms with E-state index < -0.39 is 0 Å². The number of amides is 1. The summed E-state index contributed by atoms with van der Waals surface area (Å²) in [5.41, 5.74) is 4.96. The van der Waals surface area contributed by atoms with E-state index in [1.54, 1.807) is 12.3 Å². The van der Waals surface area contributed by atoms with Crippen LogP contribution in [0.1, 0.15) is 21.6 Å². The van der Waals surface area contributed by atoms with Crippen LogP contribution in [0.2, 0.25) is 0 Å². The van der Waals surface area contributed by atoms with Gasteiger partial charge in [-0.3, -0.25) is 9.78 Å². The molecule has 0 bridgehead atoms. The van der Waals surface area contributed by atoms with Crippen LogP contribution >= 0.6 is 0 Å². The largest absolute Gasteiger partial charge is 0.352 e. The molecule has 4 rings (SSSR count). The summed E-state index contributed by atoms with van der Waals surface area (Å²) >= 11 is 0. The van der Waals surface area contributed by atoms with Gasteiger partial charge in [-0.2, -0.15) is 0 Å². The van der Waals surface area contributed by atoms with Gasteiger partial charge in [0, 0.05) is 37.9 Å². The van der Waals surface area contributed by atoms with E-state index >= 15 is 0 Å². The van der Waals surface area contributed by atoms with Crippen molar-refractivity contribution in [3.05, 3.63) is 71.5 Å². The highest BCUT2D eigenvalue weighted by molar-refractivity contribution is 5.92. The lowest BCUT2D eigenvalue weighted by atomic mass is 10.0. The summed E-state index contributed by atoms with van der Waals surface area (Å²) in [5.74, 6) is 0.828. The molecule has 3 heterocycles. The number of aromatic nitrogens is 3. The van der Waals surface area contributed by atoms with Crippen molar-refractivity contribution in [2.24, 2.45) is 0 Å². The molecule has 1 aliphatic rings. The van der Waals surface area contributed by atoms with Crippen molar-refractivity contribution in [1.29, 1.82) is 0 Å². The van der Waals surface area contributed by atoms with Gasteiger partial charge in [-0.25, -0.2) is 0 Å². The number of benzene rings is 1. The third kappa shape index (κ3) is 3.71. The van der Waals surface area contributed by atoms with Gasteiger partial charge in [-0.1, -0.05) is 18.2 Å². The minimum Gasteiger partial charge on any atom is -0.352 e. The molecule has 0 radical (unpaired) electrons. The van der Waals surface area contributed by atoms with E-state index in [9.17, 15) is 4.79 Å². The second-order valence-electron chi connectivity index (χ2n) is 7.07. The van der Waals surface area contributed by atoms with Gasteiger partial charge in [-0.15, -0.1) is 10.2 Å². The molecule has 0 saturated carbocycles. The molecule has 0 unspecified atom stereocenters. The number of carbonyl (C=O) groups is 1. The van der Waals surface area contributed by atoms with Crippen LogP contribution < -0.4 is 4.90 Å². The van der Waals surface area contributed by atoms with Crippen LogP contribution in [0.3, 0.4) is 0 Å². The van der Waals surface area contributed by atoms with Crippen molar-refractivity contribution in [2.75, 3.05) is 31.1 Å². The van der Waals surface area contributed by atoms with Crippen LogP contribution in [0, 0.1) is 13.8 Å². The molecule has 3 aromatic rings. The van der Waals surface area contributed by atoms with Crippen molar-refractivity contribution in [2.45, 2.75) is 13.8 Å². The first-order valence-corrected chi connectivity index (χ1v) is 9.48. The molecule has 1 amide bonds. The fraction of sp³-hybridized carbons (Fsp3) is 0.273. The minimum absolute atomic E-state index is 0.0172. The molecule has 1 saturated heterocycles. The number of hydrogen-bond donors (Lipinski definition) is 0. The van der Waals surface area contributed by atoms with Gasteiger partial charge in [0.1, 0.15) is 5.69 Å². The highest BCUT2D eigenvalue weighted by atomic mass is 16.2. The number of rotatable bonds is 3. The molecule has 28 heavy (non-hydrogen) atoms. The first kappa shape index (κ1) is 18.1. The number of pyridine rings is 1. The number of anilines is 1. The van der Waals surface area contributed by atoms with Crippen molar-refractivity contribution < 1.29 is 4.79 Å². The lowest BCUT2D eigenvalue weighted by Crippen LogP contribution is -2.49. The Kier molecular flexibility index (Phi) is 5.02. The highest BCUT2D eigenvalue weighted by Gasteiger charge is 2.23. The van der Waals surface area contributed by atoms with Crippen LogP contribution in [0.4, 0.5) is 5.82 Å². The standard InChI is InChI=1S/C22H23N5O/c1-16-6-7-18(15-17(16)2)19-8-9-21(25-24-19)26-11-13-27(14-12-26)22(28)20-5-3-4-10-23-20/h3-10,15H,11-14H2,1-2H3. The van der Waals surface area contributed by atoms with Crippen molar-refractivity contribution in [3.63, 3.8) is 0 Å². The topological polar surface area (TPSA) is 62.2 Å². The third-order valence-corrected chi connectivity index (χ3v) is 5.23. The number of aryl methyl sites for hydroxylation is 2. The zero-order valence-corrected chi connectivity index (χ0v) is 16.2. The average molecular weight is 373 g/mol. The van der Waals surface area contributed by atoms with Crippen molar-refractivity contribution in [3.8, 4) is 11.3 Å². The van der Waals surface area contributed by atoms with Gasteiger partial charge in [-0.05, 0) is 55.3 Å². The Hall–Kier alpha value is -3.28. The number of hydrogen-bond acceptors (Lipinski definition) is 5. The maximum Gasteiger partial charge on any atom is 0.272 e. The maximum atomic E-state index is 12.5. The molecule has 6 heteroatoms. The normalized spacial score (nSPS) is 14.2. The van der Waals surface area contributed by atoms with Gasteiger partial charge in [0.2, 0.25) is 0 Å². The molecule has 2 aromatic heterocycles. The van der Waals surface area contributed by atoms with Gasteiger partial charge in [0.05, 0.1) is 5.69 Å². The Labute approximate surface area is 164 Å². The molecule has 1 aromatic carbocycles. The summed E-state index contributed by atoms with van der Waals surface area (Å²) in [6.45, 7) is 6.97. The Morgan fingerprint density at radius 1 is 0.893 bits per heavy atom. The zero-order valence-electron chi connectivity index (χ0n) is 16.2. The van der Waals surface area contributed by atoms with Gasteiger partial charge in [0.15, 0.2) is 5.82 Å². The van der Waals surface area contributed by atoms with E-state index in [2.05, 4.69) is 52.1 Å². The van der Waals surface area contributed by atoms with Crippen molar-refractivity contribution in [1.82, 2.24) is 20.1 Å². The molecular formula is C22H23N5O. The first-order valence-electron chi connectivity index (χ1n) is 9.48. The minimum atomic E-state index is -0.0172. The summed E-state index contributed by atoms with van der Waals surface area (Å²) in [7, 11) is 0. The third-order valence-electron chi connectivity index (χ3n) is 5.23. The Morgan fingerprint density at radius 3 is 2.36 bits per heavy atom. The first-order chi connectivity index (χ1) is 13.6. The fourth-order valence-electron chi connectivity index (χ4n) is 3.34. The number of carbonyl (C=O) groups excluding carboxylic acids is 1. The summed E-state index contributed by atoms with van der Waals surface area (Å²) < 4.78 is 0. The van der Waals surface area contributed by atoms with Crippen LogP contribution in [0.15, 0.2) is 54.7 Å². The molecule has 0 atom stereocenters. The Morgan fingerprint density at radius 2 is 1.71 bits per heavy atom. The lowest BCUT2D eigenvalue weighted by Gasteiger charge is -2.35. The predicted octanol–water partition coefficient (Wildman–Crippen LogP) is 3.12. The van der Waals surface area contributed by atoms with Crippen LogP contribution in [-0.4, -0.2) is 52.2 Å². The van der Waals surface area contributed by atoms with E-state index in [1.165, 1.54) is 11.1 Å². The quantitative estimate of drug-likeness (QED) is 0.706. The van der Waals surface area contributed by atoms with Crippen LogP contribution in [-0.2, 0) is 0 Å². The van der Waals surface area contributed by atoms with E-state index in [-0.39, 0.29) is 5.91 Å². The Balaban J connectivity index is 1.41. The molecule has 1 fully saturated rings. The summed E-state index contributed by atoms with van der Waals surface area (Å²) in [4.78, 5) is 20.7.